The van der Waals surface area contributed by atoms with Crippen molar-refractivity contribution in [2.45, 2.75) is 38.3 Å². The Morgan fingerprint density at radius 2 is 2.30 bits per heavy atom. The smallest absolute Gasteiger partial charge is 0.267 e. The predicted molar refractivity (Wildman–Crippen MR) is 104 cm³/mol. The highest BCUT2D eigenvalue weighted by molar-refractivity contribution is 5.90. The second-order valence-corrected chi connectivity index (χ2v) is 6.94. The lowest BCUT2D eigenvalue weighted by atomic mass is 9.69. The van der Waals surface area contributed by atoms with Gasteiger partial charge in [0.2, 0.25) is 0 Å². The Kier molecular flexibility index (Phi) is 5.86. The van der Waals surface area contributed by atoms with Crippen molar-refractivity contribution in [3.63, 3.8) is 0 Å². The van der Waals surface area contributed by atoms with Gasteiger partial charge in [0.1, 0.15) is 11.3 Å². The quantitative estimate of drug-likeness (QED) is 0.820. The number of nitrogens with one attached hydrogen (secondary N) is 1. The third-order valence-corrected chi connectivity index (χ3v) is 5.32. The molecule has 142 valence electrons. The minimum absolute atomic E-state index is 0.254. The van der Waals surface area contributed by atoms with Crippen LogP contribution in [0.15, 0.2) is 54.6 Å². The van der Waals surface area contributed by atoms with E-state index in [4.69, 9.17) is 10.5 Å². The monoisotopic (exact) mass is 366 g/mol. The number of ether oxygens (including phenoxy) is 1. The molecule has 0 spiro atoms. The van der Waals surface area contributed by atoms with Crippen LogP contribution in [0.5, 0.6) is 0 Å². The molecule has 0 saturated heterocycles. The lowest BCUT2D eigenvalue weighted by Crippen LogP contribution is -2.41. The molecule has 6 heteroatoms. The molecule has 0 aliphatic heterocycles. The molecule has 3 rings (SSSR count). The molecular weight excluding hydrogens is 340 g/mol. The van der Waals surface area contributed by atoms with Gasteiger partial charge in [0.15, 0.2) is 0 Å². The summed E-state index contributed by atoms with van der Waals surface area (Å²) in [5.41, 5.74) is 8.27. The topological polar surface area (TPSA) is 90.1 Å². The van der Waals surface area contributed by atoms with Crippen LogP contribution >= 0.6 is 0 Å². The van der Waals surface area contributed by atoms with Crippen molar-refractivity contribution < 1.29 is 9.53 Å². The number of carbonyl (C=O) groups excluding carboxylic acids is 1. The average molecular weight is 366 g/mol. The van der Waals surface area contributed by atoms with E-state index in [1.807, 2.05) is 24.4 Å². The number of nitrogens with two attached hydrogens (primary N) is 1. The highest BCUT2D eigenvalue weighted by Gasteiger charge is 2.44. The van der Waals surface area contributed by atoms with Gasteiger partial charge in [-0.05, 0) is 66.3 Å². The second-order valence-electron chi connectivity index (χ2n) is 6.94. The van der Waals surface area contributed by atoms with Gasteiger partial charge in [-0.1, -0.05) is 13.0 Å². The van der Waals surface area contributed by atoms with E-state index < -0.39 is 11.5 Å². The van der Waals surface area contributed by atoms with Crippen LogP contribution in [0.1, 0.15) is 47.8 Å². The number of aromatic nitrogens is 2. The summed E-state index contributed by atoms with van der Waals surface area (Å²) in [6.07, 6.45) is 10.4. The molecule has 27 heavy (non-hydrogen) atoms. The first-order valence-corrected chi connectivity index (χ1v) is 9.21. The van der Waals surface area contributed by atoms with Gasteiger partial charge < -0.3 is 15.8 Å². The van der Waals surface area contributed by atoms with Crippen LogP contribution in [0.2, 0.25) is 0 Å². The molecule has 6 nitrogen and oxygen atoms in total. The van der Waals surface area contributed by atoms with Crippen molar-refractivity contribution in [2.24, 2.45) is 11.7 Å². The largest absolute Gasteiger partial charge is 0.387 e. The Morgan fingerprint density at radius 1 is 1.44 bits per heavy atom. The number of amides is 1. The van der Waals surface area contributed by atoms with Gasteiger partial charge in [-0.3, -0.25) is 14.8 Å². The fourth-order valence-corrected chi connectivity index (χ4v) is 3.99. The summed E-state index contributed by atoms with van der Waals surface area (Å²) in [4.78, 5) is 19.8. The first-order chi connectivity index (χ1) is 13.1. The number of hydrogen-bond acceptors (Lipinski definition) is 5. The maximum Gasteiger partial charge on any atom is 0.267 e. The minimum Gasteiger partial charge on any atom is -0.387 e. The summed E-state index contributed by atoms with van der Waals surface area (Å²) in [5, 5.41) is 3.40. The molecule has 1 aliphatic rings. The SMILES string of the molecule is COC1(c2ccnc(C(N)=O)c2)/C(=C/NCc2cccnc2)CCCC1C. The first-order valence-electron chi connectivity index (χ1n) is 9.21. The molecular formula is C21H26N4O2. The van der Waals surface area contributed by atoms with E-state index in [1.54, 1.807) is 25.6 Å². The fourth-order valence-electron chi connectivity index (χ4n) is 3.99. The third kappa shape index (κ3) is 3.85. The van der Waals surface area contributed by atoms with Crippen LogP contribution in [0.25, 0.3) is 0 Å². The lowest BCUT2D eigenvalue weighted by Gasteiger charge is -2.44. The Labute approximate surface area is 159 Å². The zero-order valence-electron chi connectivity index (χ0n) is 15.8. The van der Waals surface area contributed by atoms with Crippen LogP contribution in [0.3, 0.4) is 0 Å². The number of pyridine rings is 2. The lowest BCUT2D eigenvalue weighted by molar-refractivity contribution is -0.0434. The molecule has 0 radical (unpaired) electrons. The summed E-state index contributed by atoms with van der Waals surface area (Å²) in [6, 6.07) is 7.62. The van der Waals surface area contributed by atoms with E-state index in [0.717, 1.165) is 36.0 Å². The van der Waals surface area contributed by atoms with Crippen molar-refractivity contribution >= 4 is 5.91 Å². The molecule has 0 bridgehead atoms. The highest BCUT2D eigenvalue weighted by atomic mass is 16.5. The number of rotatable bonds is 6. The Balaban J connectivity index is 1.94. The molecule has 2 heterocycles. The van der Waals surface area contributed by atoms with E-state index in [0.29, 0.717) is 6.54 Å². The number of carbonyl (C=O) groups is 1. The van der Waals surface area contributed by atoms with Gasteiger partial charge in [-0.15, -0.1) is 0 Å². The van der Waals surface area contributed by atoms with Crippen molar-refractivity contribution in [3.05, 3.63) is 71.4 Å². The normalized spacial score (nSPS) is 23.9. The van der Waals surface area contributed by atoms with Crippen LogP contribution in [0.4, 0.5) is 0 Å². The van der Waals surface area contributed by atoms with Gasteiger partial charge in [0.05, 0.1) is 0 Å². The molecule has 1 amide bonds. The molecule has 3 N–H and O–H groups in total. The first kappa shape index (κ1) is 19.0. The number of hydrogen-bond donors (Lipinski definition) is 2. The van der Waals surface area contributed by atoms with Gasteiger partial charge in [-0.2, -0.15) is 0 Å². The maximum atomic E-state index is 11.6. The summed E-state index contributed by atoms with van der Waals surface area (Å²) in [7, 11) is 1.72. The van der Waals surface area contributed by atoms with Crippen molar-refractivity contribution in [2.75, 3.05) is 7.11 Å². The minimum atomic E-state index is -0.604. The molecule has 1 aliphatic carbocycles. The molecule has 2 unspecified atom stereocenters. The van der Waals surface area contributed by atoms with Crippen molar-refractivity contribution in [3.8, 4) is 0 Å². The van der Waals surface area contributed by atoms with E-state index in [2.05, 4.69) is 28.4 Å². The van der Waals surface area contributed by atoms with Crippen molar-refractivity contribution in [1.82, 2.24) is 15.3 Å². The zero-order valence-corrected chi connectivity index (χ0v) is 15.8. The van der Waals surface area contributed by atoms with Gasteiger partial charge in [-0.25, -0.2) is 0 Å². The van der Waals surface area contributed by atoms with Gasteiger partial charge in [0, 0.05) is 32.2 Å². The summed E-state index contributed by atoms with van der Waals surface area (Å²) in [6.45, 7) is 2.87. The molecule has 0 aromatic carbocycles. The molecule has 2 atom stereocenters. The molecule has 1 saturated carbocycles. The summed E-state index contributed by atoms with van der Waals surface area (Å²) >= 11 is 0. The fraction of sp³-hybridized carbons (Fsp3) is 0.381. The Bertz CT molecular complexity index is 822. The summed E-state index contributed by atoms with van der Waals surface area (Å²) < 4.78 is 6.13. The Morgan fingerprint density at radius 3 is 3.00 bits per heavy atom. The molecule has 1 fully saturated rings. The highest BCUT2D eigenvalue weighted by Crippen LogP contribution is 2.47. The van der Waals surface area contributed by atoms with Crippen LogP contribution < -0.4 is 11.1 Å². The maximum absolute atomic E-state index is 11.6. The van der Waals surface area contributed by atoms with Gasteiger partial charge >= 0.3 is 0 Å². The van der Waals surface area contributed by atoms with E-state index in [1.165, 1.54) is 0 Å². The van der Waals surface area contributed by atoms with Crippen LogP contribution in [-0.4, -0.2) is 23.0 Å². The number of methoxy groups -OCH3 is 1. The van der Waals surface area contributed by atoms with Crippen LogP contribution in [0, 0.1) is 5.92 Å². The number of primary amides is 1. The van der Waals surface area contributed by atoms with E-state index in [9.17, 15) is 4.79 Å². The molecule has 2 aromatic heterocycles. The van der Waals surface area contributed by atoms with Crippen molar-refractivity contribution in [1.29, 1.82) is 0 Å². The average Bonchev–Trinajstić information content (AvgIpc) is 2.69. The second kappa shape index (κ2) is 8.31. The van der Waals surface area contributed by atoms with E-state index >= 15 is 0 Å². The Hall–Kier alpha value is -2.73. The molecule has 2 aromatic rings. The summed E-state index contributed by atoms with van der Waals surface area (Å²) in [5.74, 6) is -0.280. The predicted octanol–water partition coefficient (Wildman–Crippen LogP) is 2.91. The number of nitrogens with zero attached hydrogens (tertiary/aromatic N) is 2. The van der Waals surface area contributed by atoms with Crippen LogP contribution in [-0.2, 0) is 16.9 Å². The van der Waals surface area contributed by atoms with E-state index in [-0.39, 0.29) is 11.6 Å². The van der Waals surface area contributed by atoms with Gasteiger partial charge in [0.25, 0.3) is 5.91 Å². The zero-order chi connectivity index (χ0) is 19.3. The standard InChI is InChI=1S/C21H26N4O2/c1-15-5-3-7-18(14-24-13-16-6-4-9-23-12-16)21(15,27-2)17-8-10-25-19(11-17)20(22)26/h4,6,8-12,14-15,24H,3,5,7,13H2,1-2H3,(H2,22,26)/b18-14+. The third-order valence-electron chi connectivity index (χ3n) is 5.32.